The van der Waals surface area contributed by atoms with Gasteiger partial charge >= 0.3 is 6.18 Å². The first-order valence-corrected chi connectivity index (χ1v) is 4.90. The third kappa shape index (κ3) is 5.02. The predicted octanol–water partition coefficient (Wildman–Crippen LogP) is 2.78. The van der Waals surface area contributed by atoms with E-state index >= 15 is 0 Å². The van der Waals surface area contributed by atoms with Crippen molar-refractivity contribution in [2.45, 2.75) is 19.1 Å². The molecular formula is C11H14F3NO. The van der Waals surface area contributed by atoms with Gasteiger partial charge < -0.3 is 10.0 Å². The van der Waals surface area contributed by atoms with Gasteiger partial charge in [0, 0.05) is 13.1 Å². The van der Waals surface area contributed by atoms with Gasteiger partial charge in [0.1, 0.15) is 5.75 Å². The van der Waals surface area contributed by atoms with Crippen LogP contribution >= 0.6 is 0 Å². The zero-order chi connectivity index (χ0) is 12.2. The molecule has 1 aromatic rings. The number of alkyl halides is 3. The predicted molar refractivity (Wildman–Crippen MR) is 55.1 cm³/mol. The van der Waals surface area contributed by atoms with E-state index < -0.39 is 12.6 Å². The summed E-state index contributed by atoms with van der Waals surface area (Å²) in [6.45, 7) is 0.417. The van der Waals surface area contributed by atoms with Crippen LogP contribution in [-0.2, 0) is 6.54 Å². The summed E-state index contributed by atoms with van der Waals surface area (Å²) >= 11 is 0. The van der Waals surface area contributed by atoms with Gasteiger partial charge in [-0.15, -0.1) is 0 Å². The average Bonchev–Trinajstić information content (AvgIpc) is 2.18. The number of halogens is 3. The summed E-state index contributed by atoms with van der Waals surface area (Å²) in [5.74, 6) is 0.154. The summed E-state index contributed by atoms with van der Waals surface area (Å²) in [7, 11) is 1.64. The normalized spacial score (nSPS) is 12.1. The molecule has 90 valence electrons. The second-order valence-electron chi connectivity index (χ2n) is 3.77. The van der Waals surface area contributed by atoms with Crippen LogP contribution in [0.3, 0.4) is 0 Å². The van der Waals surface area contributed by atoms with E-state index in [4.69, 9.17) is 5.11 Å². The van der Waals surface area contributed by atoms with Gasteiger partial charge in [0.05, 0.1) is 6.42 Å². The summed E-state index contributed by atoms with van der Waals surface area (Å²) < 4.78 is 35.8. The zero-order valence-electron chi connectivity index (χ0n) is 8.96. The fourth-order valence-corrected chi connectivity index (χ4v) is 1.31. The minimum atomic E-state index is -4.11. The van der Waals surface area contributed by atoms with Gasteiger partial charge in [-0.05, 0) is 24.7 Å². The Labute approximate surface area is 92.3 Å². The van der Waals surface area contributed by atoms with Crippen LogP contribution in [0.4, 0.5) is 13.2 Å². The Morgan fingerprint density at radius 3 is 2.25 bits per heavy atom. The molecule has 1 rings (SSSR count). The Bertz CT molecular complexity index is 321. The van der Waals surface area contributed by atoms with Crippen molar-refractivity contribution in [1.29, 1.82) is 0 Å². The first kappa shape index (κ1) is 12.8. The summed E-state index contributed by atoms with van der Waals surface area (Å²) in [5, 5.41) is 9.04. The van der Waals surface area contributed by atoms with Crippen LogP contribution in [0.25, 0.3) is 0 Å². The van der Waals surface area contributed by atoms with Crippen LogP contribution in [0.5, 0.6) is 5.75 Å². The van der Waals surface area contributed by atoms with E-state index in [0.29, 0.717) is 6.54 Å². The lowest BCUT2D eigenvalue weighted by Crippen LogP contribution is -2.24. The Kier molecular flexibility index (Phi) is 4.18. The summed E-state index contributed by atoms with van der Waals surface area (Å²) in [6.07, 6.45) is -4.91. The Balaban J connectivity index is 2.39. The Morgan fingerprint density at radius 1 is 1.19 bits per heavy atom. The molecule has 0 atom stereocenters. The van der Waals surface area contributed by atoms with Crippen LogP contribution in [0, 0.1) is 0 Å². The van der Waals surface area contributed by atoms with Crippen LogP contribution in [-0.4, -0.2) is 29.8 Å². The summed E-state index contributed by atoms with van der Waals surface area (Å²) in [4.78, 5) is 1.60. The number of nitrogens with zero attached hydrogens (tertiary/aromatic N) is 1. The van der Waals surface area contributed by atoms with Crippen molar-refractivity contribution >= 4 is 0 Å². The van der Waals surface area contributed by atoms with E-state index in [1.807, 2.05) is 0 Å². The molecule has 0 amide bonds. The van der Waals surface area contributed by atoms with Gasteiger partial charge in [-0.25, -0.2) is 0 Å². The third-order valence-corrected chi connectivity index (χ3v) is 2.17. The molecule has 5 heteroatoms. The Morgan fingerprint density at radius 2 is 1.75 bits per heavy atom. The lowest BCUT2D eigenvalue weighted by molar-refractivity contribution is -0.137. The molecule has 16 heavy (non-hydrogen) atoms. The molecule has 1 N–H and O–H groups in total. The van der Waals surface area contributed by atoms with Crippen molar-refractivity contribution in [2.75, 3.05) is 13.6 Å². The number of hydrogen-bond donors (Lipinski definition) is 1. The van der Waals surface area contributed by atoms with Gasteiger partial charge in [-0.1, -0.05) is 12.1 Å². The van der Waals surface area contributed by atoms with Crippen LogP contribution in [0.1, 0.15) is 12.0 Å². The first-order chi connectivity index (χ1) is 7.37. The molecule has 0 heterocycles. The number of hydrogen-bond acceptors (Lipinski definition) is 2. The van der Waals surface area contributed by atoms with Crippen molar-refractivity contribution in [1.82, 2.24) is 4.90 Å². The van der Waals surface area contributed by atoms with E-state index in [-0.39, 0.29) is 12.3 Å². The largest absolute Gasteiger partial charge is 0.508 e. The molecular weight excluding hydrogens is 219 g/mol. The summed E-state index contributed by atoms with van der Waals surface area (Å²) in [5.41, 5.74) is 0.877. The molecule has 0 aliphatic rings. The number of aromatic hydroxyl groups is 1. The highest BCUT2D eigenvalue weighted by Gasteiger charge is 2.26. The van der Waals surface area contributed by atoms with Gasteiger partial charge in [0.25, 0.3) is 0 Å². The fraction of sp³-hybridized carbons (Fsp3) is 0.455. The lowest BCUT2D eigenvalue weighted by atomic mass is 10.2. The monoisotopic (exact) mass is 233 g/mol. The molecule has 0 fully saturated rings. The third-order valence-electron chi connectivity index (χ3n) is 2.17. The zero-order valence-corrected chi connectivity index (χ0v) is 8.96. The van der Waals surface area contributed by atoms with Crippen molar-refractivity contribution in [3.05, 3.63) is 29.8 Å². The Hall–Kier alpha value is -1.23. The maximum absolute atomic E-state index is 11.9. The molecule has 0 saturated carbocycles. The van der Waals surface area contributed by atoms with E-state index in [1.165, 1.54) is 12.1 Å². The van der Waals surface area contributed by atoms with Gasteiger partial charge in [0.2, 0.25) is 0 Å². The van der Waals surface area contributed by atoms with E-state index in [0.717, 1.165) is 5.56 Å². The number of benzene rings is 1. The minimum Gasteiger partial charge on any atom is -0.508 e. The van der Waals surface area contributed by atoms with Gasteiger partial charge in [0.15, 0.2) is 0 Å². The molecule has 1 aromatic carbocycles. The second-order valence-corrected chi connectivity index (χ2v) is 3.77. The standard InChI is InChI=1S/C11H14F3NO/c1-15(7-6-11(12,13)14)8-9-2-4-10(16)5-3-9/h2-5,16H,6-8H2,1H3. The highest BCUT2D eigenvalue weighted by Crippen LogP contribution is 2.20. The average molecular weight is 233 g/mol. The van der Waals surface area contributed by atoms with Gasteiger partial charge in [-0.3, -0.25) is 0 Å². The van der Waals surface area contributed by atoms with Crippen LogP contribution in [0.15, 0.2) is 24.3 Å². The second kappa shape index (κ2) is 5.21. The number of rotatable bonds is 4. The molecule has 0 radical (unpaired) electrons. The molecule has 0 aliphatic heterocycles. The number of phenols is 1. The van der Waals surface area contributed by atoms with E-state index in [9.17, 15) is 13.2 Å². The van der Waals surface area contributed by atoms with Crippen molar-refractivity contribution < 1.29 is 18.3 Å². The molecule has 0 aromatic heterocycles. The highest BCUT2D eigenvalue weighted by atomic mass is 19.4. The van der Waals surface area contributed by atoms with Crippen LogP contribution < -0.4 is 0 Å². The summed E-state index contributed by atoms with van der Waals surface area (Å²) in [6, 6.07) is 6.43. The topological polar surface area (TPSA) is 23.5 Å². The first-order valence-electron chi connectivity index (χ1n) is 4.90. The van der Waals surface area contributed by atoms with Crippen LogP contribution in [0.2, 0.25) is 0 Å². The molecule has 2 nitrogen and oxygen atoms in total. The molecule has 0 saturated heterocycles. The van der Waals surface area contributed by atoms with Crippen molar-refractivity contribution in [3.63, 3.8) is 0 Å². The van der Waals surface area contributed by atoms with E-state index in [2.05, 4.69) is 0 Å². The smallest absolute Gasteiger partial charge is 0.390 e. The lowest BCUT2D eigenvalue weighted by Gasteiger charge is -2.17. The molecule has 0 aliphatic carbocycles. The SMILES string of the molecule is CN(CCC(F)(F)F)Cc1ccc(O)cc1. The fourth-order valence-electron chi connectivity index (χ4n) is 1.31. The maximum atomic E-state index is 11.9. The molecule has 0 spiro atoms. The quantitative estimate of drug-likeness (QED) is 0.864. The number of phenolic OH excluding ortho intramolecular Hbond substituents is 1. The van der Waals surface area contributed by atoms with Crippen molar-refractivity contribution in [3.8, 4) is 5.75 Å². The maximum Gasteiger partial charge on any atom is 0.390 e. The molecule has 0 bridgehead atoms. The highest BCUT2D eigenvalue weighted by molar-refractivity contribution is 5.25. The minimum absolute atomic E-state index is 0.0234. The van der Waals surface area contributed by atoms with Gasteiger partial charge in [-0.2, -0.15) is 13.2 Å². The van der Waals surface area contributed by atoms with E-state index in [1.54, 1.807) is 24.1 Å². The molecule has 0 unspecified atom stereocenters. The van der Waals surface area contributed by atoms with Crippen molar-refractivity contribution in [2.24, 2.45) is 0 Å².